The molecule has 1 aliphatic rings. The largest absolute Gasteiger partial charge is 0.293 e. The Bertz CT molecular complexity index is 986. The van der Waals surface area contributed by atoms with Gasteiger partial charge in [0.05, 0.1) is 21.3 Å². The van der Waals surface area contributed by atoms with Crippen LogP contribution in [0.4, 0.5) is 16.2 Å². The number of amides is 2. The van der Waals surface area contributed by atoms with Crippen molar-refractivity contribution in [1.29, 1.82) is 0 Å². The topological polar surface area (TPSA) is 124 Å². The van der Waals surface area contributed by atoms with Crippen LogP contribution >= 0.6 is 11.8 Å². The van der Waals surface area contributed by atoms with Gasteiger partial charge in [-0.05, 0) is 29.0 Å². The van der Waals surface area contributed by atoms with Crippen molar-refractivity contribution in [2.24, 2.45) is 0 Å². The first kappa shape index (κ1) is 18.3. The van der Waals surface area contributed by atoms with Gasteiger partial charge in [0, 0.05) is 24.3 Å². The third kappa shape index (κ3) is 4.01. The summed E-state index contributed by atoms with van der Waals surface area (Å²) in [5.74, 6) is -0.519. The second-order valence-corrected chi connectivity index (χ2v) is 6.54. The van der Waals surface area contributed by atoms with Crippen LogP contribution < -0.4 is 0 Å². The second kappa shape index (κ2) is 7.38. The van der Waals surface area contributed by atoms with Crippen LogP contribution in [-0.2, 0) is 11.3 Å². The van der Waals surface area contributed by atoms with Crippen LogP contribution in [0, 0.1) is 20.2 Å². The second-order valence-electron chi connectivity index (χ2n) is 5.54. The third-order valence-electron chi connectivity index (χ3n) is 3.74. The number of carbonyl (C=O) groups excluding carboxylic acids is 2. The van der Waals surface area contributed by atoms with Gasteiger partial charge in [-0.2, -0.15) is 0 Å². The zero-order chi connectivity index (χ0) is 19.6. The summed E-state index contributed by atoms with van der Waals surface area (Å²) in [4.78, 5) is 46.3. The van der Waals surface area contributed by atoms with E-state index < -0.39 is 21.0 Å². The molecular formula is C17H11N3O6S. The molecule has 2 amide bonds. The fraction of sp³-hybridized carbons (Fsp3) is 0.0588. The zero-order valence-corrected chi connectivity index (χ0v) is 14.4. The van der Waals surface area contributed by atoms with Crippen molar-refractivity contribution in [3.8, 4) is 0 Å². The standard InChI is InChI=1S/C17H11N3O6S/c21-16-15(9-12-2-1-3-14(8-12)20(25)26)27-17(22)18(16)10-11-4-6-13(7-5-11)19(23)24/h1-9H,10H2. The van der Waals surface area contributed by atoms with E-state index in [1.807, 2.05) is 0 Å². The molecule has 0 aliphatic carbocycles. The Hall–Kier alpha value is -3.53. The quantitative estimate of drug-likeness (QED) is 0.436. The first-order chi connectivity index (χ1) is 12.8. The van der Waals surface area contributed by atoms with Crippen molar-refractivity contribution in [2.75, 3.05) is 0 Å². The first-order valence-electron chi connectivity index (χ1n) is 7.58. The highest BCUT2D eigenvalue weighted by Gasteiger charge is 2.35. The molecule has 0 bridgehead atoms. The Labute approximate surface area is 156 Å². The summed E-state index contributed by atoms with van der Waals surface area (Å²) >= 11 is 0.739. The van der Waals surface area contributed by atoms with E-state index in [2.05, 4.69) is 0 Å². The summed E-state index contributed by atoms with van der Waals surface area (Å²) in [6, 6.07) is 11.3. The zero-order valence-electron chi connectivity index (χ0n) is 13.6. The Kier molecular flexibility index (Phi) is 4.99. The smallest absolute Gasteiger partial charge is 0.268 e. The third-order valence-corrected chi connectivity index (χ3v) is 4.65. The van der Waals surface area contributed by atoms with Gasteiger partial charge in [0.1, 0.15) is 0 Å². The molecule has 0 N–H and O–H groups in total. The fourth-order valence-electron chi connectivity index (χ4n) is 2.42. The van der Waals surface area contributed by atoms with Gasteiger partial charge in [0.2, 0.25) is 0 Å². The lowest BCUT2D eigenvalue weighted by Crippen LogP contribution is -2.27. The number of nitro benzene ring substituents is 2. The Morgan fingerprint density at radius 1 is 0.963 bits per heavy atom. The number of benzene rings is 2. The number of carbonyl (C=O) groups is 2. The van der Waals surface area contributed by atoms with E-state index >= 15 is 0 Å². The number of nitrogens with zero attached hydrogens (tertiary/aromatic N) is 3. The molecule has 0 saturated carbocycles. The Morgan fingerprint density at radius 3 is 2.26 bits per heavy atom. The van der Waals surface area contributed by atoms with E-state index in [0.717, 1.165) is 16.7 Å². The monoisotopic (exact) mass is 385 g/mol. The molecule has 3 rings (SSSR count). The minimum absolute atomic E-state index is 0.0189. The summed E-state index contributed by atoms with van der Waals surface area (Å²) in [5.41, 5.74) is 0.803. The van der Waals surface area contributed by atoms with Crippen LogP contribution in [0.5, 0.6) is 0 Å². The number of nitro groups is 2. The number of thioether (sulfide) groups is 1. The maximum Gasteiger partial charge on any atom is 0.293 e. The maximum atomic E-state index is 12.5. The molecule has 1 saturated heterocycles. The van der Waals surface area contributed by atoms with Gasteiger partial charge in [-0.3, -0.25) is 34.7 Å². The van der Waals surface area contributed by atoms with Crippen molar-refractivity contribution < 1.29 is 19.4 Å². The number of non-ortho nitro benzene ring substituents is 2. The number of hydrogen-bond acceptors (Lipinski definition) is 7. The molecule has 0 radical (unpaired) electrons. The number of imide groups is 1. The molecule has 2 aromatic rings. The molecule has 0 aromatic heterocycles. The van der Waals surface area contributed by atoms with Gasteiger partial charge in [-0.1, -0.05) is 24.3 Å². The molecule has 1 aliphatic heterocycles. The molecule has 1 heterocycles. The molecule has 0 atom stereocenters. The number of rotatable bonds is 5. The summed E-state index contributed by atoms with van der Waals surface area (Å²) < 4.78 is 0. The minimum Gasteiger partial charge on any atom is -0.268 e. The Morgan fingerprint density at radius 2 is 1.63 bits per heavy atom. The van der Waals surface area contributed by atoms with Crippen LogP contribution in [0.1, 0.15) is 11.1 Å². The summed E-state index contributed by atoms with van der Waals surface area (Å²) in [7, 11) is 0. The van der Waals surface area contributed by atoms with Crippen LogP contribution in [0.3, 0.4) is 0 Å². The SMILES string of the molecule is O=C1SC(=Cc2cccc([N+](=O)[O-])c2)C(=O)N1Cc1ccc([N+](=O)[O-])cc1. The fourth-order valence-corrected chi connectivity index (χ4v) is 3.26. The molecule has 136 valence electrons. The normalized spacial score (nSPS) is 15.4. The lowest BCUT2D eigenvalue weighted by atomic mass is 10.1. The molecule has 1 fully saturated rings. The van der Waals surface area contributed by atoms with E-state index in [9.17, 15) is 29.8 Å². The maximum absolute atomic E-state index is 12.5. The summed E-state index contributed by atoms with van der Waals surface area (Å²) in [6.07, 6.45) is 1.42. The molecule has 10 heteroatoms. The van der Waals surface area contributed by atoms with Gasteiger partial charge in [0.15, 0.2) is 0 Å². The van der Waals surface area contributed by atoms with Crippen molar-refractivity contribution in [3.05, 3.63) is 84.8 Å². The first-order valence-corrected chi connectivity index (χ1v) is 8.40. The van der Waals surface area contributed by atoms with Crippen molar-refractivity contribution in [2.45, 2.75) is 6.54 Å². The Balaban J connectivity index is 1.79. The van der Waals surface area contributed by atoms with Crippen LogP contribution in [0.25, 0.3) is 6.08 Å². The molecule has 0 spiro atoms. The van der Waals surface area contributed by atoms with Crippen molar-refractivity contribution in [3.63, 3.8) is 0 Å². The van der Waals surface area contributed by atoms with Crippen LogP contribution in [-0.4, -0.2) is 25.9 Å². The van der Waals surface area contributed by atoms with Crippen molar-refractivity contribution >= 4 is 40.4 Å². The molecule has 9 nitrogen and oxygen atoms in total. The summed E-state index contributed by atoms with van der Waals surface area (Å²) in [6.45, 7) is -0.0189. The van der Waals surface area contributed by atoms with E-state index in [1.54, 1.807) is 6.07 Å². The summed E-state index contributed by atoms with van der Waals surface area (Å²) in [5, 5.41) is 21.0. The van der Waals surface area contributed by atoms with Crippen LogP contribution in [0.2, 0.25) is 0 Å². The molecule has 0 unspecified atom stereocenters. The van der Waals surface area contributed by atoms with E-state index in [0.29, 0.717) is 11.1 Å². The lowest BCUT2D eigenvalue weighted by molar-refractivity contribution is -0.385. The number of hydrogen-bond donors (Lipinski definition) is 0. The molecular weight excluding hydrogens is 374 g/mol. The predicted molar refractivity (Wildman–Crippen MR) is 97.7 cm³/mol. The molecule has 2 aromatic carbocycles. The predicted octanol–water partition coefficient (Wildman–Crippen LogP) is 3.74. The van der Waals surface area contributed by atoms with E-state index in [1.165, 1.54) is 48.5 Å². The highest BCUT2D eigenvalue weighted by Crippen LogP contribution is 2.33. The van der Waals surface area contributed by atoms with Crippen molar-refractivity contribution in [1.82, 2.24) is 4.90 Å². The van der Waals surface area contributed by atoms with E-state index in [-0.39, 0.29) is 22.8 Å². The van der Waals surface area contributed by atoms with Gasteiger partial charge < -0.3 is 0 Å². The van der Waals surface area contributed by atoms with Gasteiger partial charge in [-0.25, -0.2) is 0 Å². The average molecular weight is 385 g/mol. The van der Waals surface area contributed by atoms with Gasteiger partial charge >= 0.3 is 0 Å². The van der Waals surface area contributed by atoms with Gasteiger partial charge in [0.25, 0.3) is 22.5 Å². The lowest BCUT2D eigenvalue weighted by Gasteiger charge is -2.12. The van der Waals surface area contributed by atoms with Crippen LogP contribution in [0.15, 0.2) is 53.4 Å². The molecule has 27 heavy (non-hydrogen) atoms. The highest BCUT2D eigenvalue weighted by molar-refractivity contribution is 8.18. The minimum atomic E-state index is -0.544. The van der Waals surface area contributed by atoms with Gasteiger partial charge in [-0.15, -0.1) is 0 Å². The van der Waals surface area contributed by atoms with E-state index in [4.69, 9.17) is 0 Å². The average Bonchev–Trinajstić information content (AvgIpc) is 2.90. The highest BCUT2D eigenvalue weighted by atomic mass is 32.2.